The van der Waals surface area contributed by atoms with Gasteiger partial charge in [-0.15, -0.1) is 0 Å². The summed E-state index contributed by atoms with van der Waals surface area (Å²) in [5.41, 5.74) is 2.37. The molecule has 1 fully saturated rings. The summed E-state index contributed by atoms with van der Waals surface area (Å²) >= 11 is 6.25. The third kappa shape index (κ3) is 6.62. The monoisotopic (exact) mass is 559 g/mol. The van der Waals surface area contributed by atoms with Gasteiger partial charge in [-0.3, -0.25) is 10.1 Å². The molecular formula is C26H28ClF2N7O3. The first-order chi connectivity index (χ1) is 18.7. The molecule has 2 heterocycles. The van der Waals surface area contributed by atoms with Gasteiger partial charge in [0, 0.05) is 29.7 Å². The van der Waals surface area contributed by atoms with Crippen molar-refractivity contribution in [2.75, 3.05) is 19.6 Å². The van der Waals surface area contributed by atoms with E-state index in [0.717, 1.165) is 11.1 Å². The number of halogens is 3. The summed E-state index contributed by atoms with van der Waals surface area (Å²) in [6, 6.07) is 10.1. The molecule has 206 valence electrons. The Balaban J connectivity index is 1.72. The average Bonchev–Trinajstić information content (AvgIpc) is 3.53. The smallest absolute Gasteiger partial charge is 0.387 e. The van der Waals surface area contributed by atoms with Crippen molar-refractivity contribution in [1.29, 1.82) is 5.26 Å². The number of rotatable bonds is 7. The predicted octanol–water partition coefficient (Wildman–Crippen LogP) is 2.97. The number of β-amino-alcohol motifs (C(OH)–C–C–N with tert-alkyl or cyclic N) is 1. The van der Waals surface area contributed by atoms with Crippen LogP contribution in [0.3, 0.4) is 0 Å². The van der Waals surface area contributed by atoms with Gasteiger partial charge in [0.15, 0.2) is 6.19 Å². The second-order valence-electron chi connectivity index (χ2n) is 9.07. The molecule has 1 saturated heterocycles. The van der Waals surface area contributed by atoms with Crippen LogP contribution in [-0.2, 0) is 4.79 Å². The normalized spacial score (nSPS) is 21.1. The van der Waals surface area contributed by atoms with Crippen LogP contribution in [0.2, 0.25) is 5.02 Å². The van der Waals surface area contributed by atoms with E-state index in [1.54, 1.807) is 23.1 Å². The van der Waals surface area contributed by atoms with Gasteiger partial charge in [-0.1, -0.05) is 23.7 Å². The van der Waals surface area contributed by atoms with Crippen LogP contribution in [0.5, 0.6) is 5.75 Å². The number of hydrazone groups is 1. The molecule has 4 rings (SSSR count). The lowest BCUT2D eigenvalue weighted by atomic mass is 10.00. The van der Waals surface area contributed by atoms with Crippen molar-refractivity contribution in [3.63, 3.8) is 0 Å². The standard InChI is InChI=1S/C26H28ClF2N7O3/c1-3-35(24(38)21-11-18(37)12-31-21)22-13-36(34-23(22)16-7-8-20(27)15(2)9-16)26(32-14-30)33-17-5-4-6-19(10-17)39-25(28)29/h4-10,18,21-22,25,31,37H,3,11-13H2,1-2H3,(H,32,33)/t18-,21-,22-/m1/s1. The highest BCUT2D eigenvalue weighted by molar-refractivity contribution is 6.31. The summed E-state index contributed by atoms with van der Waals surface area (Å²) in [6.45, 7) is 1.57. The molecule has 10 nitrogen and oxygen atoms in total. The van der Waals surface area contributed by atoms with Crippen LogP contribution in [0.1, 0.15) is 24.5 Å². The minimum absolute atomic E-state index is 0.0373. The third-order valence-corrected chi connectivity index (χ3v) is 6.86. The summed E-state index contributed by atoms with van der Waals surface area (Å²) in [7, 11) is 0. The number of nitriles is 1. The second kappa shape index (κ2) is 12.4. The number of nitrogens with zero attached hydrogens (tertiary/aromatic N) is 5. The van der Waals surface area contributed by atoms with Gasteiger partial charge in [0.25, 0.3) is 0 Å². The fraction of sp³-hybridized carbons (Fsp3) is 0.385. The number of likely N-dealkylation sites (N-methyl/N-ethyl adjacent to an activating group) is 1. The summed E-state index contributed by atoms with van der Waals surface area (Å²) in [4.78, 5) is 19.6. The van der Waals surface area contributed by atoms with E-state index in [4.69, 9.17) is 16.7 Å². The van der Waals surface area contributed by atoms with Gasteiger partial charge in [0.05, 0.1) is 36.1 Å². The lowest BCUT2D eigenvalue weighted by Crippen LogP contribution is -2.53. The van der Waals surface area contributed by atoms with Crippen molar-refractivity contribution in [3.05, 3.63) is 58.6 Å². The summed E-state index contributed by atoms with van der Waals surface area (Å²) < 4.78 is 29.8. The maximum atomic E-state index is 13.5. The zero-order chi connectivity index (χ0) is 28.1. The number of carbonyl (C=O) groups is 1. The largest absolute Gasteiger partial charge is 0.435 e. The Morgan fingerprint density at radius 3 is 2.85 bits per heavy atom. The number of alkyl halides is 2. The highest BCUT2D eigenvalue weighted by Crippen LogP contribution is 2.26. The predicted molar refractivity (Wildman–Crippen MR) is 142 cm³/mol. The first kappa shape index (κ1) is 28.2. The van der Waals surface area contributed by atoms with Crippen LogP contribution in [0, 0.1) is 18.4 Å². The molecule has 2 aliphatic heterocycles. The molecular weight excluding hydrogens is 532 g/mol. The molecule has 0 aromatic heterocycles. The van der Waals surface area contributed by atoms with Gasteiger partial charge in [-0.2, -0.15) is 19.1 Å². The van der Waals surface area contributed by atoms with E-state index in [2.05, 4.69) is 20.4 Å². The van der Waals surface area contributed by atoms with Gasteiger partial charge in [-0.25, -0.2) is 10.0 Å². The van der Waals surface area contributed by atoms with E-state index in [-0.39, 0.29) is 29.8 Å². The number of aryl methyl sites for hydroxylation is 1. The number of benzene rings is 2. The van der Waals surface area contributed by atoms with Crippen LogP contribution < -0.4 is 15.4 Å². The fourth-order valence-electron chi connectivity index (χ4n) is 4.61. The number of aliphatic hydroxyl groups is 1. The average molecular weight is 560 g/mol. The zero-order valence-corrected chi connectivity index (χ0v) is 22.1. The Labute approximate surface area is 229 Å². The first-order valence-electron chi connectivity index (χ1n) is 12.3. The van der Waals surface area contributed by atoms with Gasteiger partial charge in [0.2, 0.25) is 11.9 Å². The fourth-order valence-corrected chi connectivity index (χ4v) is 4.73. The van der Waals surface area contributed by atoms with Crippen molar-refractivity contribution in [2.45, 2.75) is 45.1 Å². The number of hydrogen-bond acceptors (Lipinski definition) is 7. The number of amides is 1. The summed E-state index contributed by atoms with van der Waals surface area (Å²) in [5, 5.41) is 31.7. The quantitative estimate of drug-likeness (QED) is 0.206. The van der Waals surface area contributed by atoms with Crippen molar-refractivity contribution in [2.24, 2.45) is 10.1 Å². The van der Waals surface area contributed by atoms with Crippen LogP contribution in [0.25, 0.3) is 0 Å². The van der Waals surface area contributed by atoms with Gasteiger partial charge in [0.1, 0.15) is 5.75 Å². The SMILES string of the molecule is CCN(C(=O)[C@H]1C[C@@H](O)CN1)[C@@H]1CN(C(=Nc2cccc(OC(F)F)c2)NC#N)N=C1c1ccc(Cl)c(C)c1. The summed E-state index contributed by atoms with van der Waals surface area (Å²) in [6.07, 6.45) is 1.53. The number of aliphatic hydroxyl groups excluding tert-OH is 1. The Bertz CT molecular complexity index is 1320. The lowest BCUT2D eigenvalue weighted by molar-refractivity contribution is -0.134. The van der Waals surface area contributed by atoms with Crippen LogP contribution in [-0.4, -0.2) is 77.0 Å². The highest BCUT2D eigenvalue weighted by Gasteiger charge is 2.40. The Hall–Kier alpha value is -3.79. The number of hydrogen-bond donors (Lipinski definition) is 3. The van der Waals surface area contributed by atoms with E-state index in [0.29, 0.717) is 30.2 Å². The molecule has 13 heteroatoms. The van der Waals surface area contributed by atoms with Gasteiger partial charge in [-0.05, 0) is 50.1 Å². The Morgan fingerprint density at radius 1 is 1.41 bits per heavy atom. The number of nitrogens with one attached hydrogen (secondary N) is 2. The molecule has 0 spiro atoms. The molecule has 2 aliphatic rings. The molecule has 1 amide bonds. The minimum Gasteiger partial charge on any atom is -0.435 e. The topological polar surface area (TPSA) is 126 Å². The Morgan fingerprint density at radius 2 is 2.21 bits per heavy atom. The molecule has 39 heavy (non-hydrogen) atoms. The second-order valence-corrected chi connectivity index (χ2v) is 9.48. The molecule has 2 aromatic carbocycles. The maximum Gasteiger partial charge on any atom is 0.387 e. The van der Waals surface area contributed by atoms with E-state index >= 15 is 0 Å². The molecule has 3 atom stereocenters. The highest BCUT2D eigenvalue weighted by atomic mass is 35.5. The van der Waals surface area contributed by atoms with Crippen molar-refractivity contribution in [1.82, 2.24) is 20.5 Å². The zero-order valence-electron chi connectivity index (χ0n) is 21.3. The number of ether oxygens (including phenoxy) is 1. The molecule has 0 bridgehead atoms. The lowest BCUT2D eigenvalue weighted by Gasteiger charge is -2.31. The molecule has 0 radical (unpaired) electrons. The van der Waals surface area contributed by atoms with Gasteiger partial charge >= 0.3 is 6.61 Å². The first-order valence-corrected chi connectivity index (χ1v) is 12.7. The van der Waals surface area contributed by atoms with E-state index in [9.17, 15) is 23.9 Å². The van der Waals surface area contributed by atoms with Crippen LogP contribution >= 0.6 is 11.6 Å². The van der Waals surface area contributed by atoms with Crippen molar-refractivity contribution >= 4 is 34.9 Å². The van der Waals surface area contributed by atoms with Crippen LogP contribution in [0.4, 0.5) is 14.5 Å². The number of guanidine groups is 1. The number of carbonyl (C=O) groups excluding carboxylic acids is 1. The minimum atomic E-state index is -3.00. The van der Waals surface area contributed by atoms with E-state index in [1.165, 1.54) is 23.2 Å². The summed E-state index contributed by atoms with van der Waals surface area (Å²) in [5.74, 6) is -0.227. The van der Waals surface area contributed by atoms with Crippen molar-refractivity contribution < 1.29 is 23.4 Å². The Kier molecular flexibility index (Phi) is 8.96. The molecule has 0 aliphatic carbocycles. The molecule has 3 N–H and O–H groups in total. The molecule has 0 unspecified atom stereocenters. The third-order valence-electron chi connectivity index (χ3n) is 6.44. The van der Waals surface area contributed by atoms with Crippen LogP contribution in [0.15, 0.2) is 52.6 Å². The maximum absolute atomic E-state index is 13.5. The van der Waals surface area contributed by atoms with E-state index < -0.39 is 24.8 Å². The number of aliphatic imine (C=N–C) groups is 1. The van der Waals surface area contributed by atoms with E-state index in [1.807, 2.05) is 26.1 Å². The van der Waals surface area contributed by atoms with Crippen molar-refractivity contribution in [3.8, 4) is 11.9 Å². The molecule has 2 aromatic rings. The van der Waals surface area contributed by atoms with Gasteiger partial charge < -0.3 is 20.1 Å². The molecule has 0 saturated carbocycles.